The first kappa shape index (κ1) is 12.1. The second-order valence-corrected chi connectivity index (χ2v) is 4.23. The largest absolute Gasteiger partial charge is 0.330 e. The van der Waals surface area contributed by atoms with Crippen LogP contribution < -0.4 is 5.73 Å². The lowest BCUT2D eigenvalue weighted by molar-refractivity contribution is 0.624. The third kappa shape index (κ3) is 3.05. The van der Waals surface area contributed by atoms with Gasteiger partial charge in [0.2, 0.25) is 0 Å². The van der Waals surface area contributed by atoms with Gasteiger partial charge in [0.15, 0.2) is 0 Å². The molecule has 2 N–H and O–H groups in total. The SMILES string of the molecule is NCCc1cnn(Cc2ccc(F)cc2Cl)c1. The quantitative estimate of drug-likeness (QED) is 0.908. The van der Waals surface area contributed by atoms with Gasteiger partial charge in [0.25, 0.3) is 0 Å². The van der Waals surface area contributed by atoms with E-state index in [0.29, 0.717) is 18.1 Å². The summed E-state index contributed by atoms with van der Waals surface area (Å²) in [5.41, 5.74) is 7.39. The van der Waals surface area contributed by atoms with E-state index in [2.05, 4.69) is 5.10 Å². The van der Waals surface area contributed by atoms with E-state index in [1.165, 1.54) is 12.1 Å². The normalized spacial score (nSPS) is 10.8. The lowest BCUT2D eigenvalue weighted by Gasteiger charge is -2.04. The maximum atomic E-state index is 12.9. The zero-order chi connectivity index (χ0) is 12.3. The van der Waals surface area contributed by atoms with Gasteiger partial charge in [0, 0.05) is 11.2 Å². The van der Waals surface area contributed by atoms with E-state index in [1.54, 1.807) is 16.9 Å². The molecule has 0 aliphatic carbocycles. The number of benzene rings is 1. The molecule has 0 saturated heterocycles. The zero-order valence-corrected chi connectivity index (χ0v) is 9.99. The fraction of sp³-hybridized carbons (Fsp3) is 0.250. The number of aromatic nitrogens is 2. The first-order valence-corrected chi connectivity index (χ1v) is 5.72. The van der Waals surface area contributed by atoms with Crippen molar-refractivity contribution in [1.29, 1.82) is 0 Å². The Kier molecular flexibility index (Phi) is 3.76. The second-order valence-electron chi connectivity index (χ2n) is 3.82. The van der Waals surface area contributed by atoms with Gasteiger partial charge in [-0.1, -0.05) is 17.7 Å². The predicted octanol–water partition coefficient (Wildman–Crippen LogP) is 2.23. The summed E-state index contributed by atoms with van der Waals surface area (Å²) in [6.45, 7) is 1.13. The topological polar surface area (TPSA) is 43.8 Å². The van der Waals surface area contributed by atoms with Gasteiger partial charge in [-0.3, -0.25) is 4.68 Å². The third-order valence-corrected chi connectivity index (χ3v) is 2.82. The molecule has 3 nitrogen and oxygen atoms in total. The van der Waals surface area contributed by atoms with Crippen molar-refractivity contribution in [2.24, 2.45) is 5.73 Å². The van der Waals surface area contributed by atoms with Crippen LogP contribution in [0, 0.1) is 5.82 Å². The van der Waals surface area contributed by atoms with Crippen molar-refractivity contribution in [2.45, 2.75) is 13.0 Å². The Bertz CT molecular complexity index is 510. The van der Waals surface area contributed by atoms with E-state index >= 15 is 0 Å². The molecule has 0 spiro atoms. The highest BCUT2D eigenvalue weighted by molar-refractivity contribution is 6.31. The highest BCUT2D eigenvalue weighted by Gasteiger charge is 2.04. The van der Waals surface area contributed by atoms with E-state index in [1.807, 2.05) is 6.20 Å². The maximum absolute atomic E-state index is 12.9. The van der Waals surface area contributed by atoms with Crippen molar-refractivity contribution in [1.82, 2.24) is 9.78 Å². The molecule has 0 aliphatic heterocycles. The van der Waals surface area contributed by atoms with E-state index in [4.69, 9.17) is 17.3 Å². The summed E-state index contributed by atoms with van der Waals surface area (Å²) in [7, 11) is 0. The first-order chi connectivity index (χ1) is 8.19. The molecule has 90 valence electrons. The van der Waals surface area contributed by atoms with Gasteiger partial charge in [-0.05, 0) is 36.2 Å². The second kappa shape index (κ2) is 5.29. The fourth-order valence-electron chi connectivity index (χ4n) is 1.61. The van der Waals surface area contributed by atoms with Crippen molar-refractivity contribution in [3.8, 4) is 0 Å². The van der Waals surface area contributed by atoms with Crippen LogP contribution in [0.5, 0.6) is 0 Å². The fourth-order valence-corrected chi connectivity index (χ4v) is 1.84. The van der Waals surface area contributed by atoms with Crippen LogP contribution in [0.2, 0.25) is 5.02 Å². The number of nitrogens with zero attached hydrogens (tertiary/aromatic N) is 2. The molecule has 0 atom stereocenters. The molecular weight excluding hydrogens is 241 g/mol. The van der Waals surface area contributed by atoms with Crippen LogP contribution in [-0.4, -0.2) is 16.3 Å². The van der Waals surface area contributed by atoms with E-state index in [-0.39, 0.29) is 5.82 Å². The molecule has 0 aliphatic rings. The summed E-state index contributed by atoms with van der Waals surface area (Å²) in [6.07, 6.45) is 4.51. The summed E-state index contributed by atoms with van der Waals surface area (Å²) in [5, 5.41) is 4.62. The van der Waals surface area contributed by atoms with Crippen LogP contribution in [0.1, 0.15) is 11.1 Å². The molecule has 0 amide bonds. The van der Waals surface area contributed by atoms with Gasteiger partial charge in [-0.25, -0.2) is 4.39 Å². The molecule has 0 fully saturated rings. The summed E-state index contributed by atoms with van der Waals surface area (Å²) >= 11 is 5.95. The number of halogens is 2. The van der Waals surface area contributed by atoms with Gasteiger partial charge < -0.3 is 5.73 Å². The zero-order valence-electron chi connectivity index (χ0n) is 9.24. The van der Waals surface area contributed by atoms with E-state index < -0.39 is 0 Å². The Hall–Kier alpha value is -1.39. The molecule has 2 aromatic rings. The van der Waals surface area contributed by atoms with Gasteiger partial charge in [-0.15, -0.1) is 0 Å². The molecule has 17 heavy (non-hydrogen) atoms. The molecule has 1 aromatic heterocycles. The highest BCUT2D eigenvalue weighted by Crippen LogP contribution is 2.18. The third-order valence-electron chi connectivity index (χ3n) is 2.47. The summed E-state index contributed by atoms with van der Waals surface area (Å²) < 4.78 is 14.6. The van der Waals surface area contributed by atoms with Gasteiger partial charge in [0.05, 0.1) is 12.7 Å². The number of rotatable bonds is 4. The van der Waals surface area contributed by atoms with Crippen LogP contribution in [-0.2, 0) is 13.0 Å². The van der Waals surface area contributed by atoms with Crippen molar-refractivity contribution in [2.75, 3.05) is 6.54 Å². The monoisotopic (exact) mass is 253 g/mol. The number of nitrogens with two attached hydrogens (primary N) is 1. The predicted molar refractivity (Wildman–Crippen MR) is 65.5 cm³/mol. The van der Waals surface area contributed by atoms with E-state index in [0.717, 1.165) is 17.5 Å². The van der Waals surface area contributed by atoms with Crippen molar-refractivity contribution < 1.29 is 4.39 Å². The Labute approximate surface area is 104 Å². The van der Waals surface area contributed by atoms with E-state index in [9.17, 15) is 4.39 Å². The average Bonchev–Trinajstić information content (AvgIpc) is 2.71. The maximum Gasteiger partial charge on any atom is 0.124 e. The summed E-state index contributed by atoms with van der Waals surface area (Å²) in [4.78, 5) is 0. The minimum Gasteiger partial charge on any atom is -0.330 e. The van der Waals surface area contributed by atoms with Crippen LogP contribution in [0.15, 0.2) is 30.6 Å². The smallest absolute Gasteiger partial charge is 0.124 e. The Morgan fingerprint density at radius 3 is 2.94 bits per heavy atom. The van der Waals surface area contributed by atoms with Gasteiger partial charge in [0.1, 0.15) is 5.82 Å². The first-order valence-electron chi connectivity index (χ1n) is 5.34. The minimum absolute atomic E-state index is 0.331. The standard InChI is InChI=1S/C12H13ClFN3/c13-12-5-11(14)2-1-10(12)8-17-7-9(3-4-15)6-16-17/h1-2,5-7H,3-4,8,15H2. The Morgan fingerprint density at radius 2 is 2.24 bits per heavy atom. The molecule has 2 rings (SSSR count). The van der Waals surface area contributed by atoms with Gasteiger partial charge >= 0.3 is 0 Å². The van der Waals surface area contributed by atoms with Crippen LogP contribution in [0.4, 0.5) is 4.39 Å². The van der Waals surface area contributed by atoms with Crippen molar-refractivity contribution in [3.05, 3.63) is 52.6 Å². The Balaban J connectivity index is 2.13. The Morgan fingerprint density at radius 1 is 1.41 bits per heavy atom. The summed E-state index contributed by atoms with van der Waals surface area (Å²) in [5.74, 6) is -0.331. The van der Waals surface area contributed by atoms with Crippen LogP contribution >= 0.6 is 11.6 Å². The minimum atomic E-state index is -0.331. The highest BCUT2D eigenvalue weighted by atomic mass is 35.5. The van der Waals surface area contributed by atoms with Crippen molar-refractivity contribution in [3.63, 3.8) is 0 Å². The van der Waals surface area contributed by atoms with Crippen LogP contribution in [0.25, 0.3) is 0 Å². The summed E-state index contributed by atoms with van der Waals surface area (Å²) in [6, 6.07) is 4.37. The lowest BCUT2D eigenvalue weighted by atomic mass is 10.2. The average molecular weight is 254 g/mol. The molecule has 0 bridgehead atoms. The molecular formula is C12H13ClFN3. The van der Waals surface area contributed by atoms with Crippen LogP contribution in [0.3, 0.4) is 0 Å². The molecule has 0 unspecified atom stereocenters. The number of hydrogen-bond acceptors (Lipinski definition) is 2. The molecule has 1 aromatic carbocycles. The molecule has 0 saturated carbocycles. The molecule has 5 heteroatoms. The lowest BCUT2D eigenvalue weighted by Crippen LogP contribution is -2.02. The molecule has 1 heterocycles. The molecule has 0 radical (unpaired) electrons. The van der Waals surface area contributed by atoms with Crippen molar-refractivity contribution >= 4 is 11.6 Å². The van der Waals surface area contributed by atoms with Gasteiger partial charge in [-0.2, -0.15) is 5.10 Å². The number of hydrogen-bond donors (Lipinski definition) is 1.